The Morgan fingerprint density at radius 3 is 1.78 bits per heavy atom. The van der Waals surface area contributed by atoms with E-state index in [1.807, 2.05) is 124 Å². The fourth-order valence-electron chi connectivity index (χ4n) is 5.59. The zero-order valence-corrected chi connectivity index (χ0v) is 27.0. The van der Waals surface area contributed by atoms with Gasteiger partial charge in [-0.25, -0.2) is 8.42 Å². The van der Waals surface area contributed by atoms with Crippen molar-refractivity contribution in [3.8, 4) is 0 Å². The molecule has 8 heteroatoms. The minimum absolute atomic E-state index is 0.201. The first kappa shape index (κ1) is 33.0. The van der Waals surface area contributed by atoms with Gasteiger partial charge in [-0.2, -0.15) is 4.31 Å². The molecule has 0 saturated carbocycles. The summed E-state index contributed by atoms with van der Waals surface area (Å²) in [5, 5.41) is 0. The highest BCUT2D eigenvalue weighted by atomic mass is 32.2. The fraction of sp³-hybridized carbons (Fsp3) is 0.351. The highest BCUT2D eigenvalue weighted by Gasteiger charge is 2.46. The molecule has 4 atom stereocenters. The third-order valence-corrected chi connectivity index (χ3v) is 9.95. The maximum atomic E-state index is 14.1. The van der Waals surface area contributed by atoms with E-state index in [0.29, 0.717) is 26.2 Å². The van der Waals surface area contributed by atoms with E-state index in [1.165, 1.54) is 4.31 Å². The lowest BCUT2D eigenvalue weighted by Crippen LogP contribution is -2.58. The van der Waals surface area contributed by atoms with Gasteiger partial charge in [0.15, 0.2) is 0 Å². The predicted molar refractivity (Wildman–Crippen MR) is 175 cm³/mol. The van der Waals surface area contributed by atoms with Gasteiger partial charge < -0.3 is 18.9 Å². The smallest absolute Gasteiger partial charge is 0.245 e. The Balaban J connectivity index is 1.45. The molecule has 0 spiro atoms. The minimum Gasteiger partial charge on any atom is -0.374 e. The topological polar surface area (TPSA) is 74.3 Å². The third kappa shape index (κ3) is 8.88. The van der Waals surface area contributed by atoms with Crippen LogP contribution in [0.4, 0.5) is 0 Å². The van der Waals surface area contributed by atoms with E-state index in [1.54, 1.807) is 12.1 Å². The Kier molecular flexibility index (Phi) is 11.6. The molecule has 1 fully saturated rings. The SMILES string of the molecule is Cc1ccc(S(=O)(=O)N(C(C)C)[C@H]2C[C@@H](OCc3ccccc3)[C@@H](OCc3ccccc3)[C@@H](COCc3ccccc3)O2)cc1. The van der Waals surface area contributed by atoms with E-state index in [-0.39, 0.29) is 17.5 Å². The van der Waals surface area contributed by atoms with Gasteiger partial charge in [0, 0.05) is 12.5 Å². The largest absolute Gasteiger partial charge is 0.374 e. The molecule has 1 aliphatic heterocycles. The molecule has 0 amide bonds. The molecule has 0 aromatic heterocycles. The van der Waals surface area contributed by atoms with Crippen molar-refractivity contribution in [2.24, 2.45) is 0 Å². The molecule has 0 radical (unpaired) electrons. The maximum Gasteiger partial charge on any atom is 0.245 e. The van der Waals surface area contributed by atoms with Gasteiger partial charge >= 0.3 is 0 Å². The Hall–Kier alpha value is -3.37. The van der Waals surface area contributed by atoms with Crippen LogP contribution >= 0.6 is 0 Å². The van der Waals surface area contributed by atoms with E-state index in [4.69, 9.17) is 18.9 Å². The summed E-state index contributed by atoms with van der Waals surface area (Å²) >= 11 is 0. The number of aryl methyl sites for hydroxylation is 1. The number of rotatable bonds is 14. The molecule has 1 heterocycles. The fourth-order valence-corrected chi connectivity index (χ4v) is 7.31. The van der Waals surface area contributed by atoms with Crippen molar-refractivity contribution < 1.29 is 27.4 Å². The van der Waals surface area contributed by atoms with Gasteiger partial charge in [-0.1, -0.05) is 109 Å². The highest BCUT2D eigenvalue weighted by Crippen LogP contribution is 2.33. The van der Waals surface area contributed by atoms with Crippen LogP contribution in [0.3, 0.4) is 0 Å². The average molecular weight is 630 g/mol. The lowest BCUT2D eigenvalue weighted by atomic mass is 9.99. The van der Waals surface area contributed by atoms with Gasteiger partial charge in [0.25, 0.3) is 0 Å². The van der Waals surface area contributed by atoms with E-state index in [2.05, 4.69) is 0 Å². The molecule has 238 valence electrons. The number of benzene rings is 4. The molecule has 5 rings (SSSR count). The van der Waals surface area contributed by atoms with Crippen LogP contribution in [-0.4, -0.2) is 49.9 Å². The first-order valence-corrected chi connectivity index (χ1v) is 16.9. The molecular formula is C37H43NO6S. The molecule has 4 aromatic rings. The van der Waals surface area contributed by atoms with Gasteiger partial charge in [0.05, 0.1) is 37.4 Å². The molecule has 0 bridgehead atoms. The predicted octanol–water partition coefficient (Wildman–Crippen LogP) is 6.90. The molecule has 7 nitrogen and oxygen atoms in total. The van der Waals surface area contributed by atoms with Crippen LogP contribution in [0.5, 0.6) is 0 Å². The van der Waals surface area contributed by atoms with Crippen molar-refractivity contribution >= 4 is 10.0 Å². The second-order valence-electron chi connectivity index (χ2n) is 11.7. The van der Waals surface area contributed by atoms with Crippen molar-refractivity contribution in [1.29, 1.82) is 0 Å². The summed E-state index contributed by atoms with van der Waals surface area (Å²) in [4.78, 5) is 0.228. The molecule has 4 aromatic carbocycles. The van der Waals surface area contributed by atoms with Gasteiger partial charge in [0.1, 0.15) is 18.4 Å². The van der Waals surface area contributed by atoms with Gasteiger partial charge in [-0.15, -0.1) is 0 Å². The highest BCUT2D eigenvalue weighted by molar-refractivity contribution is 7.89. The minimum atomic E-state index is -3.90. The van der Waals surface area contributed by atoms with E-state index in [0.717, 1.165) is 22.3 Å². The van der Waals surface area contributed by atoms with Crippen molar-refractivity contribution in [1.82, 2.24) is 4.31 Å². The maximum absolute atomic E-state index is 14.1. The molecular weight excluding hydrogens is 586 g/mol. The van der Waals surface area contributed by atoms with Crippen molar-refractivity contribution in [2.75, 3.05) is 6.61 Å². The van der Waals surface area contributed by atoms with Crippen LogP contribution in [-0.2, 0) is 48.8 Å². The van der Waals surface area contributed by atoms with Crippen LogP contribution in [0.1, 0.15) is 42.5 Å². The zero-order chi connectivity index (χ0) is 31.6. The number of nitrogens with zero attached hydrogens (tertiary/aromatic N) is 1. The lowest BCUT2D eigenvalue weighted by Gasteiger charge is -2.45. The molecule has 0 aliphatic carbocycles. The summed E-state index contributed by atoms with van der Waals surface area (Å²) < 4.78 is 55.7. The first-order valence-electron chi connectivity index (χ1n) is 15.5. The monoisotopic (exact) mass is 629 g/mol. The van der Waals surface area contributed by atoms with E-state index in [9.17, 15) is 8.42 Å². The van der Waals surface area contributed by atoms with E-state index < -0.39 is 34.6 Å². The van der Waals surface area contributed by atoms with Gasteiger partial charge in [0.2, 0.25) is 10.0 Å². The second kappa shape index (κ2) is 15.8. The van der Waals surface area contributed by atoms with Gasteiger partial charge in [-0.3, -0.25) is 0 Å². The van der Waals surface area contributed by atoms with Gasteiger partial charge in [-0.05, 0) is 49.6 Å². The normalized spacial score (nSPS) is 20.5. The summed E-state index contributed by atoms with van der Waals surface area (Å²) in [5.74, 6) is 0. The van der Waals surface area contributed by atoms with Crippen LogP contribution in [0.25, 0.3) is 0 Å². The molecule has 0 N–H and O–H groups in total. The standard InChI is InChI=1S/C37H43NO6S/c1-28(2)38(45(39,40)33-21-19-29(3)20-22-33)36-23-34(42-25-31-15-9-5-10-16-31)37(43-26-32-17-11-6-12-18-32)35(44-36)27-41-24-30-13-7-4-8-14-30/h4-22,28,34-37H,23-27H2,1-3H3/t34-,35-,36-,37-/m1/s1. The summed E-state index contributed by atoms with van der Waals surface area (Å²) in [5.41, 5.74) is 4.07. The zero-order valence-electron chi connectivity index (χ0n) is 26.2. The van der Waals surface area contributed by atoms with Crippen LogP contribution in [0, 0.1) is 6.92 Å². The second-order valence-corrected chi connectivity index (χ2v) is 13.5. The molecule has 1 aliphatic rings. The Labute approximate surface area is 267 Å². The van der Waals surface area contributed by atoms with Crippen LogP contribution < -0.4 is 0 Å². The van der Waals surface area contributed by atoms with Crippen molar-refractivity contribution in [2.45, 2.75) is 82.5 Å². The molecule has 0 unspecified atom stereocenters. The number of hydrogen-bond donors (Lipinski definition) is 0. The summed E-state index contributed by atoms with van der Waals surface area (Å²) in [6.45, 7) is 6.98. The average Bonchev–Trinajstić information content (AvgIpc) is 3.04. The molecule has 1 saturated heterocycles. The Morgan fingerprint density at radius 1 is 0.733 bits per heavy atom. The van der Waals surface area contributed by atoms with Crippen LogP contribution in [0.2, 0.25) is 0 Å². The van der Waals surface area contributed by atoms with Crippen molar-refractivity contribution in [3.63, 3.8) is 0 Å². The summed E-state index contributed by atoms with van der Waals surface area (Å²) in [6, 6.07) is 36.4. The summed E-state index contributed by atoms with van der Waals surface area (Å²) in [6.07, 6.45) is -2.06. The number of ether oxygens (including phenoxy) is 4. The first-order chi connectivity index (χ1) is 21.8. The Morgan fingerprint density at radius 2 is 1.24 bits per heavy atom. The lowest BCUT2D eigenvalue weighted by molar-refractivity contribution is -0.240. The summed E-state index contributed by atoms with van der Waals surface area (Å²) in [7, 11) is -3.90. The number of sulfonamides is 1. The van der Waals surface area contributed by atoms with Crippen LogP contribution in [0.15, 0.2) is 120 Å². The quantitative estimate of drug-likeness (QED) is 0.151. The molecule has 45 heavy (non-hydrogen) atoms. The number of hydrogen-bond acceptors (Lipinski definition) is 6. The Bertz CT molecular complexity index is 1550. The van der Waals surface area contributed by atoms with Crippen molar-refractivity contribution in [3.05, 3.63) is 138 Å². The third-order valence-electron chi connectivity index (χ3n) is 7.87. The van der Waals surface area contributed by atoms with E-state index >= 15 is 0 Å².